The van der Waals surface area contributed by atoms with Crippen LogP contribution < -0.4 is 0 Å². The van der Waals surface area contributed by atoms with Crippen LogP contribution in [0.1, 0.15) is 6.92 Å². The number of carbonyl (C=O) groups is 2. The third-order valence-electron chi connectivity index (χ3n) is 0.878. The fourth-order valence-corrected chi connectivity index (χ4v) is 0.952. The van der Waals surface area contributed by atoms with Crippen molar-refractivity contribution in [3.63, 3.8) is 0 Å². The lowest BCUT2D eigenvalue weighted by Gasteiger charge is -2.12. The molecule has 0 bridgehead atoms. The van der Waals surface area contributed by atoms with Gasteiger partial charge in [-0.2, -0.15) is 0 Å². The zero-order chi connectivity index (χ0) is 12.5. The maximum absolute atomic E-state index is 9.85. The molecule has 88 valence electrons. The maximum atomic E-state index is 9.85. The van der Waals surface area contributed by atoms with Crippen LogP contribution >= 0.6 is 0 Å². The highest BCUT2D eigenvalue weighted by atomic mass is 28.3. The van der Waals surface area contributed by atoms with Crippen molar-refractivity contribution >= 4 is 20.2 Å². The Morgan fingerprint density at radius 2 is 1.87 bits per heavy atom. The molecule has 0 aliphatic carbocycles. The molecule has 0 atom stereocenters. The molecule has 15 heavy (non-hydrogen) atoms. The summed E-state index contributed by atoms with van der Waals surface area (Å²) in [7, 11) is -1.32. The quantitative estimate of drug-likeness (QED) is 0.460. The fourth-order valence-electron chi connectivity index (χ4n) is 0.396. The lowest BCUT2D eigenvalue weighted by molar-refractivity contribution is -0.135. The van der Waals surface area contributed by atoms with Crippen LogP contribution in [-0.4, -0.2) is 31.5 Å². The van der Waals surface area contributed by atoms with Crippen molar-refractivity contribution in [1.82, 2.24) is 0 Å². The van der Waals surface area contributed by atoms with Crippen molar-refractivity contribution < 1.29 is 24.2 Å². The van der Waals surface area contributed by atoms with Crippen molar-refractivity contribution in [3.05, 3.63) is 12.8 Å². The Kier molecular flexibility index (Phi) is 8.65. The molecule has 0 heterocycles. The smallest absolute Gasteiger partial charge is 0.450 e. The van der Waals surface area contributed by atoms with Crippen molar-refractivity contribution in [1.29, 1.82) is 0 Å². The van der Waals surface area contributed by atoms with Gasteiger partial charge in [0.05, 0.1) is 20.6 Å². The van der Waals surface area contributed by atoms with Crippen molar-refractivity contribution in [3.8, 4) is 0 Å². The van der Waals surface area contributed by atoms with Gasteiger partial charge >= 0.3 is 12.1 Å². The number of ether oxygens (including phenoxy) is 2. The van der Waals surface area contributed by atoms with Crippen LogP contribution in [0, 0.1) is 0 Å². The highest BCUT2D eigenvalue weighted by molar-refractivity contribution is 6.76. The molecule has 0 aromatic rings. The summed E-state index contributed by atoms with van der Waals surface area (Å²) in [4.78, 5) is 19.6. The first-order chi connectivity index (χ1) is 6.69. The Morgan fingerprint density at radius 3 is 1.93 bits per heavy atom. The average Bonchev–Trinajstić information content (AvgIpc) is 2.00. The van der Waals surface area contributed by atoms with Gasteiger partial charge < -0.3 is 14.6 Å². The summed E-state index contributed by atoms with van der Waals surface area (Å²) >= 11 is 0. The van der Waals surface area contributed by atoms with Gasteiger partial charge in [-0.05, 0) is 0 Å². The molecule has 0 radical (unpaired) electrons. The Labute approximate surface area is 90.7 Å². The van der Waals surface area contributed by atoms with Gasteiger partial charge in [-0.15, -0.1) is 0 Å². The van der Waals surface area contributed by atoms with E-state index in [4.69, 9.17) is 5.11 Å². The minimum absolute atomic E-state index is 0.329. The zero-order valence-corrected chi connectivity index (χ0v) is 10.6. The van der Waals surface area contributed by atoms with E-state index in [1.165, 1.54) is 6.92 Å². The molecular formula is C9H18O5Si. The number of hydrogen-bond acceptors (Lipinski definition) is 4. The van der Waals surface area contributed by atoms with Gasteiger partial charge in [0.25, 0.3) is 0 Å². The number of carbonyl (C=O) groups excluding carboxylic acids is 1. The topological polar surface area (TPSA) is 72.8 Å². The minimum Gasteiger partial charge on any atom is -0.450 e. The number of esters is 1. The first-order valence-corrected chi connectivity index (χ1v) is 8.03. The Morgan fingerprint density at radius 1 is 1.40 bits per heavy atom. The van der Waals surface area contributed by atoms with Crippen molar-refractivity contribution in [2.24, 2.45) is 0 Å². The Bertz CT molecular complexity index is 219. The summed E-state index contributed by atoms with van der Waals surface area (Å²) in [6, 6.07) is 0. The monoisotopic (exact) mass is 234 g/mol. The Balaban J connectivity index is 0. The third-order valence-corrected chi connectivity index (χ3v) is 1.89. The van der Waals surface area contributed by atoms with E-state index in [1.54, 1.807) is 0 Å². The molecule has 0 fully saturated rings. The summed E-state index contributed by atoms with van der Waals surface area (Å²) in [6.07, 6.45) is 0.322. The average molecular weight is 234 g/mol. The van der Waals surface area contributed by atoms with E-state index in [0.29, 0.717) is 6.23 Å². The van der Waals surface area contributed by atoms with Gasteiger partial charge in [-0.3, -0.25) is 4.79 Å². The lowest BCUT2D eigenvalue weighted by atomic mass is 10.8. The molecule has 0 saturated heterocycles. The summed E-state index contributed by atoms with van der Waals surface area (Å²) in [5.41, 5.74) is 0. The second-order valence-electron chi connectivity index (χ2n) is 3.89. The van der Waals surface area contributed by atoms with Gasteiger partial charge in [-0.1, -0.05) is 26.2 Å². The fraction of sp³-hybridized carbons (Fsp3) is 0.556. The van der Waals surface area contributed by atoms with E-state index in [-0.39, 0.29) is 5.97 Å². The highest BCUT2D eigenvalue weighted by Gasteiger charge is 2.15. The molecular weight excluding hydrogens is 216 g/mol. The molecule has 6 heteroatoms. The van der Waals surface area contributed by atoms with Crippen molar-refractivity contribution in [2.75, 3.05) is 6.23 Å². The number of hydrogen-bond donors (Lipinski definition) is 1. The molecule has 5 nitrogen and oxygen atoms in total. The van der Waals surface area contributed by atoms with Gasteiger partial charge in [-0.25, -0.2) is 4.79 Å². The van der Waals surface area contributed by atoms with E-state index in [0.717, 1.165) is 6.26 Å². The summed E-state index contributed by atoms with van der Waals surface area (Å²) in [5, 5.41) is 8.08. The molecule has 0 aromatic heterocycles. The predicted molar refractivity (Wildman–Crippen MR) is 59.3 cm³/mol. The molecule has 1 N–H and O–H groups in total. The van der Waals surface area contributed by atoms with Crippen molar-refractivity contribution in [2.45, 2.75) is 26.6 Å². The van der Waals surface area contributed by atoms with E-state index < -0.39 is 14.2 Å². The summed E-state index contributed by atoms with van der Waals surface area (Å²) in [5.74, 6) is -0.329. The highest BCUT2D eigenvalue weighted by Crippen LogP contribution is 1.99. The SMILES string of the molecule is C=COC(C)=O.C[Si](C)(C)COC(=O)O. The largest absolute Gasteiger partial charge is 0.505 e. The van der Waals surface area contributed by atoms with E-state index in [9.17, 15) is 9.59 Å². The van der Waals surface area contributed by atoms with Crippen LogP contribution in [0.3, 0.4) is 0 Å². The maximum Gasteiger partial charge on any atom is 0.505 e. The normalized spacial score (nSPS) is 9.33. The second-order valence-corrected chi connectivity index (χ2v) is 9.30. The number of rotatable bonds is 3. The van der Waals surface area contributed by atoms with Crippen LogP contribution in [0.5, 0.6) is 0 Å². The zero-order valence-electron chi connectivity index (χ0n) is 9.57. The molecule has 0 unspecified atom stereocenters. The third kappa shape index (κ3) is 24.5. The first kappa shape index (κ1) is 16.1. The molecule has 0 aromatic carbocycles. The van der Waals surface area contributed by atoms with Crippen LogP contribution in [-0.2, 0) is 14.3 Å². The number of carboxylic acid groups (broad SMARTS) is 1. The summed E-state index contributed by atoms with van der Waals surface area (Å²) < 4.78 is 8.55. The summed E-state index contributed by atoms with van der Waals surface area (Å²) in [6.45, 7) is 10.6. The van der Waals surface area contributed by atoms with E-state index in [1.807, 2.05) is 0 Å². The van der Waals surface area contributed by atoms with E-state index in [2.05, 4.69) is 35.7 Å². The minimum atomic E-state index is -1.32. The van der Waals surface area contributed by atoms with Crippen LogP contribution in [0.4, 0.5) is 4.79 Å². The van der Waals surface area contributed by atoms with Gasteiger partial charge in [0.1, 0.15) is 0 Å². The molecule has 0 aliphatic heterocycles. The van der Waals surface area contributed by atoms with Crippen LogP contribution in [0.15, 0.2) is 12.8 Å². The lowest BCUT2D eigenvalue weighted by Crippen LogP contribution is -2.29. The molecule has 0 spiro atoms. The molecule has 0 saturated carbocycles. The second kappa shape index (κ2) is 8.04. The molecule has 0 amide bonds. The van der Waals surface area contributed by atoms with E-state index >= 15 is 0 Å². The van der Waals surface area contributed by atoms with Crippen LogP contribution in [0.2, 0.25) is 19.6 Å². The van der Waals surface area contributed by atoms with Gasteiger partial charge in [0.15, 0.2) is 0 Å². The predicted octanol–water partition coefficient (Wildman–Crippen LogP) is 2.25. The first-order valence-electron chi connectivity index (χ1n) is 4.33. The van der Waals surface area contributed by atoms with Crippen LogP contribution in [0.25, 0.3) is 0 Å². The molecule has 0 rings (SSSR count). The Hall–Kier alpha value is -1.30. The van der Waals surface area contributed by atoms with Gasteiger partial charge in [0, 0.05) is 6.92 Å². The molecule has 0 aliphatic rings. The van der Waals surface area contributed by atoms with Gasteiger partial charge in [0.2, 0.25) is 0 Å². The standard InChI is InChI=1S/C5H12O3Si.C4H6O2/c1-9(2,3)4-8-5(6)7;1-3-6-4(2)5/h4H2,1-3H3,(H,6,7);3H,1H2,2H3.